The molecule has 0 radical (unpaired) electrons. The first-order valence-corrected chi connectivity index (χ1v) is 7.96. The molecule has 1 aliphatic heterocycles. The lowest BCUT2D eigenvalue weighted by atomic mass is 10.1. The Hall–Kier alpha value is -1.23. The average molecular weight is 288 g/mol. The van der Waals surface area contributed by atoms with Crippen molar-refractivity contribution < 1.29 is 4.74 Å². The zero-order chi connectivity index (χ0) is 13.8. The number of aryl methyl sites for hydroxylation is 1. The molecule has 106 valence electrons. The SMILES string of the molecule is Cc1nc(CN2CCO[C@H](Cc3ccccc3)C2)cs1. The van der Waals surface area contributed by atoms with Gasteiger partial charge in [-0.3, -0.25) is 4.90 Å². The van der Waals surface area contributed by atoms with E-state index >= 15 is 0 Å². The van der Waals surface area contributed by atoms with Gasteiger partial charge in [0.2, 0.25) is 0 Å². The molecule has 0 aliphatic carbocycles. The van der Waals surface area contributed by atoms with E-state index in [0.717, 1.165) is 37.7 Å². The highest BCUT2D eigenvalue weighted by molar-refractivity contribution is 7.09. The topological polar surface area (TPSA) is 25.4 Å². The smallest absolute Gasteiger partial charge is 0.0897 e. The first-order chi connectivity index (χ1) is 9.79. The normalized spacial score (nSPS) is 20.1. The van der Waals surface area contributed by atoms with Crippen LogP contribution in [0.15, 0.2) is 35.7 Å². The van der Waals surface area contributed by atoms with Crippen LogP contribution in [0, 0.1) is 6.92 Å². The average Bonchev–Trinajstić information content (AvgIpc) is 2.86. The lowest BCUT2D eigenvalue weighted by Gasteiger charge is -2.32. The van der Waals surface area contributed by atoms with Crippen LogP contribution in [0.3, 0.4) is 0 Å². The largest absolute Gasteiger partial charge is 0.375 e. The second kappa shape index (κ2) is 6.48. The Morgan fingerprint density at radius 3 is 2.95 bits per heavy atom. The van der Waals surface area contributed by atoms with Crippen LogP contribution in [-0.2, 0) is 17.7 Å². The fourth-order valence-corrected chi connectivity index (χ4v) is 3.24. The van der Waals surface area contributed by atoms with Gasteiger partial charge < -0.3 is 4.74 Å². The summed E-state index contributed by atoms with van der Waals surface area (Å²) in [4.78, 5) is 7.00. The summed E-state index contributed by atoms with van der Waals surface area (Å²) in [6, 6.07) is 10.6. The molecule has 3 nitrogen and oxygen atoms in total. The predicted octanol–water partition coefficient (Wildman–Crippen LogP) is 2.90. The van der Waals surface area contributed by atoms with Gasteiger partial charge in [0.05, 0.1) is 23.4 Å². The summed E-state index contributed by atoms with van der Waals surface area (Å²) in [5, 5.41) is 3.31. The molecule has 2 heterocycles. The highest BCUT2D eigenvalue weighted by Gasteiger charge is 2.21. The number of thiazole rings is 1. The van der Waals surface area contributed by atoms with E-state index in [9.17, 15) is 0 Å². The molecule has 0 N–H and O–H groups in total. The van der Waals surface area contributed by atoms with Crippen molar-refractivity contribution >= 4 is 11.3 Å². The fraction of sp³-hybridized carbons (Fsp3) is 0.438. The third-order valence-electron chi connectivity index (χ3n) is 3.58. The van der Waals surface area contributed by atoms with Crippen LogP contribution in [0.5, 0.6) is 0 Å². The Morgan fingerprint density at radius 2 is 2.20 bits per heavy atom. The van der Waals surface area contributed by atoms with Crippen molar-refractivity contribution in [2.45, 2.75) is 26.0 Å². The molecular weight excluding hydrogens is 268 g/mol. The molecule has 1 fully saturated rings. The van der Waals surface area contributed by atoms with E-state index in [1.54, 1.807) is 11.3 Å². The van der Waals surface area contributed by atoms with E-state index < -0.39 is 0 Å². The number of ether oxygens (including phenoxy) is 1. The van der Waals surface area contributed by atoms with Crippen molar-refractivity contribution in [2.24, 2.45) is 0 Å². The van der Waals surface area contributed by atoms with Gasteiger partial charge in [-0.05, 0) is 18.9 Å². The van der Waals surface area contributed by atoms with Crippen LogP contribution in [-0.4, -0.2) is 35.7 Å². The fourth-order valence-electron chi connectivity index (χ4n) is 2.63. The standard InChI is InChI=1S/C16H20N2OS/c1-13-17-15(12-20-13)10-18-7-8-19-16(11-18)9-14-5-3-2-4-6-14/h2-6,12,16H,7-11H2,1H3/t16-/m1/s1. The molecule has 1 saturated heterocycles. The van der Waals surface area contributed by atoms with E-state index in [1.165, 1.54) is 11.3 Å². The number of morpholine rings is 1. The zero-order valence-corrected chi connectivity index (χ0v) is 12.6. The maximum Gasteiger partial charge on any atom is 0.0897 e. The second-order valence-corrected chi connectivity index (χ2v) is 6.34. The Labute approximate surface area is 124 Å². The molecule has 2 aromatic rings. The van der Waals surface area contributed by atoms with Gasteiger partial charge in [-0.25, -0.2) is 4.98 Å². The number of aromatic nitrogens is 1. The maximum atomic E-state index is 5.90. The Kier molecular flexibility index (Phi) is 4.45. The number of nitrogens with zero attached hydrogens (tertiary/aromatic N) is 2. The summed E-state index contributed by atoms with van der Waals surface area (Å²) in [7, 11) is 0. The van der Waals surface area contributed by atoms with Crippen LogP contribution >= 0.6 is 11.3 Å². The number of hydrogen-bond acceptors (Lipinski definition) is 4. The van der Waals surface area contributed by atoms with Crippen molar-refractivity contribution in [1.82, 2.24) is 9.88 Å². The van der Waals surface area contributed by atoms with Crippen LogP contribution in [0.25, 0.3) is 0 Å². The monoisotopic (exact) mass is 288 g/mol. The van der Waals surface area contributed by atoms with Gasteiger partial charge in [0.1, 0.15) is 0 Å². The van der Waals surface area contributed by atoms with Gasteiger partial charge in [0, 0.05) is 25.0 Å². The molecule has 4 heteroatoms. The quantitative estimate of drug-likeness (QED) is 0.865. The molecule has 1 aliphatic rings. The second-order valence-electron chi connectivity index (χ2n) is 5.28. The van der Waals surface area contributed by atoms with Crippen LogP contribution in [0.1, 0.15) is 16.3 Å². The summed E-state index contributed by atoms with van der Waals surface area (Å²) in [5.74, 6) is 0. The zero-order valence-electron chi connectivity index (χ0n) is 11.8. The van der Waals surface area contributed by atoms with E-state index in [1.807, 2.05) is 0 Å². The Balaban J connectivity index is 1.56. The Bertz CT molecular complexity index is 540. The molecule has 1 aromatic heterocycles. The molecule has 1 atom stereocenters. The molecule has 0 spiro atoms. The molecule has 0 bridgehead atoms. The van der Waals surface area contributed by atoms with Gasteiger partial charge in [0.15, 0.2) is 0 Å². The number of benzene rings is 1. The van der Waals surface area contributed by atoms with Gasteiger partial charge >= 0.3 is 0 Å². The van der Waals surface area contributed by atoms with Crippen molar-refractivity contribution in [3.63, 3.8) is 0 Å². The minimum Gasteiger partial charge on any atom is -0.375 e. The van der Waals surface area contributed by atoms with Crippen molar-refractivity contribution in [3.05, 3.63) is 52.0 Å². The molecule has 0 amide bonds. The molecule has 20 heavy (non-hydrogen) atoms. The Morgan fingerprint density at radius 1 is 1.35 bits per heavy atom. The van der Waals surface area contributed by atoms with E-state index in [4.69, 9.17) is 4.74 Å². The van der Waals surface area contributed by atoms with E-state index in [2.05, 4.69) is 52.5 Å². The van der Waals surface area contributed by atoms with Gasteiger partial charge in [-0.15, -0.1) is 11.3 Å². The van der Waals surface area contributed by atoms with Gasteiger partial charge in [-0.2, -0.15) is 0 Å². The minimum absolute atomic E-state index is 0.297. The molecule has 1 aromatic carbocycles. The van der Waals surface area contributed by atoms with Crippen LogP contribution < -0.4 is 0 Å². The third kappa shape index (κ3) is 3.66. The van der Waals surface area contributed by atoms with Crippen LogP contribution in [0.2, 0.25) is 0 Å². The first-order valence-electron chi connectivity index (χ1n) is 7.08. The van der Waals surface area contributed by atoms with Crippen molar-refractivity contribution in [2.75, 3.05) is 19.7 Å². The van der Waals surface area contributed by atoms with Crippen molar-refractivity contribution in [1.29, 1.82) is 0 Å². The summed E-state index contributed by atoms with van der Waals surface area (Å²) in [5.41, 5.74) is 2.54. The summed E-state index contributed by atoms with van der Waals surface area (Å²) in [6.07, 6.45) is 1.29. The minimum atomic E-state index is 0.297. The number of hydrogen-bond donors (Lipinski definition) is 0. The lowest BCUT2D eigenvalue weighted by molar-refractivity contribution is -0.0308. The highest BCUT2D eigenvalue weighted by atomic mass is 32.1. The maximum absolute atomic E-state index is 5.90. The van der Waals surface area contributed by atoms with E-state index in [-0.39, 0.29) is 0 Å². The number of rotatable bonds is 4. The summed E-state index contributed by atoms with van der Waals surface area (Å²) in [6.45, 7) is 5.82. The van der Waals surface area contributed by atoms with Gasteiger partial charge in [-0.1, -0.05) is 30.3 Å². The van der Waals surface area contributed by atoms with Crippen molar-refractivity contribution in [3.8, 4) is 0 Å². The molecular formula is C16H20N2OS. The molecule has 0 unspecified atom stereocenters. The summed E-state index contributed by atoms with van der Waals surface area (Å²) >= 11 is 1.73. The third-order valence-corrected chi connectivity index (χ3v) is 4.40. The van der Waals surface area contributed by atoms with Crippen LogP contribution in [0.4, 0.5) is 0 Å². The molecule has 3 rings (SSSR count). The van der Waals surface area contributed by atoms with E-state index in [0.29, 0.717) is 6.10 Å². The predicted molar refractivity (Wildman–Crippen MR) is 82.0 cm³/mol. The molecule has 0 saturated carbocycles. The lowest BCUT2D eigenvalue weighted by Crippen LogP contribution is -2.42. The first kappa shape index (κ1) is 13.7. The summed E-state index contributed by atoms with van der Waals surface area (Å²) < 4.78 is 5.90. The highest BCUT2D eigenvalue weighted by Crippen LogP contribution is 2.15. The van der Waals surface area contributed by atoms with Gasteiger partial charge in [0.25, 0.3) is 0 Å².